The SMILES string of the molecule is COC(=O)CCC(NC(=O)c1cc(C)ccc1N)C(=O)O. The molecule has 1 atom stereocenters. The summed E-state index contributed by atoms with van der Waals surface area (Å²) in [5.41, 5.74) is 7.00. The van der Waals surface area contributed by atoms with E-state index in [1.54, 1.807) is 25.1 Å². The van der Waals surface area contributed by atoms with E-state index in [-0.39, 0.29) is 24.1 Å². The molecule has 21 heavy (non-hydrogen) atoms. The number of nitrogens with one attached hydrogen (secondary N) is 1. The summed E-state index contributed by atoms with van der Waals surface area (Å²) in [6.45, 7) is 1.79. The number of nitrogen functional groups attached to an aromatic ring is 1. The molecule has 0 fully saturated rings. The number of anilines is 1. The number of ether oxygens (including phenoxy) is 1. The second kappa shape index (κ2) is 7.28. The van der Waals surface area contributed by atoms with E-state index in [1.807, 2.05) is 0 Å². The minimum Gasteiger partial charge on any atom is -0.480 e. The Hall–Kier alpha value is -2.57. The highest BCUT2D eigenvalue weighted by atomic mass is 16.5. The molecule has 0 aliphatic carbocycles. The number of hydrogen-bond donors (Lipinski definition) is 3. The maximum absolute atomic E-state index is 12.1. The van der Waals surface area contributed by atoms with Crippen LogP contribution in [0.3, 0.4) is 0 Å². The van der Waals surface area contributed by atoms with E-state index in [4.69, 9.17) is 10.8 Å². The molecule has 0 saturated carbocycles. The number of carboxylic acids is 1. The van der Waals surface area contributed by atoms with Crippen LogP contribution in [0.1, 0.15) is 28.8 Å². The van der Waals surface area contributed by atoms with Crippen LogP contribution in [0.4, 0.5) is 5.69 Å². The number of carbonyl (C=O) groups is 3. The van der Waals surface area contributed by atoms with Gasteiger partial charge >= 0.3 is 11.9 Å². The van der Waals surface area contributed by atoms with Crippen molar-refractivity contribution in [1.29, 1.82) is 0 Å². The van der Waals surface area contributed by atoms with Crippen LogP contribution in [-0.2, 0) is 14.3 Å². The highest BCUT2D eigenvalue weighted by Crippen LogP contribution is 2.14. The van der Waals surface area contributed by atoms with Crippen LogP contribution < -0.4 is 11.1 Å². The minimum absolute atomic E-state index is 0.0561. The average Bonchev–Trinajstić information content (AvgIpc) is 2.44. The number of amides is 1. The molecule has 1 rings (SSSR count). The third-order valence-corrected chi connectivity index (χ3v) is 2.92. The molecule has 0 saturated heterocycles. The molecule has 7 nitrogen and oxygen atoms in total. The summed E-state index contributed by atoms with van der Waals surface area (Å²) in [7, 11) is 1.21. The quantitative estimate of drug-likeness (QED) is 0.525. The van der Waals surface area contributed by atoms with Gasteiger partial charge in [-0.3, -0.25) is 9.59 Å². The van der Waals surface area contributed by atoms with Gasteiger partial charge in [0, 0.05) is 12.1 Å². The molecular weight excluding hydrogens is 276 g/mol. The number of aryl methyl sites for hydroxylation is 1. The Morgan fingerprint density at radius 2 is 2.05 bits per heavy atom. The van der Waals surface area contributed by atoms with Crippen molar-refractivity contribution in [2.45, 2.75) is 25.8 Å². The van der Waals surface area contributed by atoms with Crippen molar-refractivity contribution in [3.8, 4) is 0 Å². The molecule has 1 unspecified atom stereocenters. The molecule has 114 valence electrons. The van der Waals surface area contributed by atoms with Crippen molar-refractivity contribution < 1.29 is 24.2 Å². The molecule has 0 heterocycles. The number of aliphatic carboxylic acids is 1. The Balaban J connectivity index is 2.79. The van der Waals surface area contributed by atoms with Crippen molar-refractivity contribution in [2.24, 2.45) is 0 Å². The summed E-state index contributed by atoms with van der Waals surface area (Å²) in [5.74, 6) is -2.35. The van der Waals surface area contributed by atoms with E-state index in [1.165, 1.54) is 7.11 Å². The van der Waals surface area contributed by atoms with Gasteiger partial charge in [0.25, 0.3) is 5.91 Å². The summed E-state index contributed by atoms with van der Waals surface area (Å²) < 4.78 is 4.44. The maximum atomic E-state index is 12.1. The van der Waals surface area contributed by atoms with E-state index >= 15 is 0 Å². The normalized spacial score (nSPS) is 11.5. The van der Waals surface area contributed by atoms with Gasteiger partial charge in [-0.2, -0.15) is 0 Å². The van der Waals surface area contributed by atoms with Gasteiger partial charge in [0.15, 0.2) is 0 Å². The fourth-order valence-electron chi connectivity index (χ4n) is 1.72. The van der Waals surface area contributed by atoms with Crippen LogP contribution in [0.2, 0.25) is 0 Å². The summed E-state index contributed by atoms with van der Waals surface area (Å²) in [6, 6.07) is 3.72. The van der Waals surface area contributed by atoms with Crippen molar-refractivity contribution >= 4 is 23.5 Å². The summed E-state index contributed by atoms with van der Waals surface area (Å²) in [4.78, 5) is 34.2. The number of hydrogen-bond acceptors (Lipinski definition) is 5. The lowest BCUT2D eigenvalue weighted by Crippen LogP contribution is -2.41. The van der Waals surface area contributed by atoms with Gasteiger partial charge in [-0.1, -0.05) is 11.6 Å². The minimum atomic E-state index is -1.22. The van der Waals surface area contributed by atoms with E-state index in [0.29, 0.717) is 0 Å². The Morgan fingerprint density at radius 1 is 1.38 bits per heavy atom. The molecule has 1 amide bonds. The second-order valence-electron chi connectivity index (χ2n) is 4.57. The lowest BCUT2D eigenvalue weighted by molar-refractivity contribution is -0.142. The Labute approximate surface area is 122 Å². The molecular formula is C14H18N2O5. The van der Waals surface area contributed by atoms with Gasteiger partial charge < -0.3 is 20.9 Å². The number of carboxylic acid groups (broad SMARTS) is 1. The maximum Gasteiger partial charge on any atom is 0.326 e. The number of benzene rings is 1. The van der Waals surface area contributed by atoms with Crippen molar-refractivity contribution in [3.05, 3.63) is 29.3 Å². The fourth-order valence-corrected chi connectivity index (χ4v) is 1.72. The lowest BCUT2D eigenvalue weighted by Gasteiger charge is -2.15. The third-order valence-electron chi connectivity index (χ3n) is 2.92. The van der Waals surface area contributed by atoms with Crippen LogP contribution in [0, 0.1) is 6.92 Å². The highest BCUT2D eigenvalue weighted by molar-refractivity contribution is 6.01. The molecule has 0 radical (unpaired) electrons. The van der Waals surface area contributed by atoms with E-state index in [0.717, 1.165) is 5.56 Å². The average molecular weight is 294 g/mol. The number of esters is 1. The number of carbonyl (C=O) groups excluding carboxylic acids is 2. The fraction of sp³-hybridized carbons (Fsp3) is 0.357. The first kappa shape index (κ1) is 16.5. The number of methoxy groups -OCH3 is 1. The molecule has 4 N–H and O–H groups in total. The smallest absolute Gasteiger partial charge is 0.326 e. The van der Waals surface area contributed by atoms with Gasteiger partial charge in [-0.25, -0.2) is 4.79 Å². The first-order valence-corrected chi connectivity index (χ1v) is 6.31. The van der Waals surface area contributed by atoms with Crippen molar-refractivity contribution in [1.82, 2.24) is 5.32 Å². The highest BCUT2D eigenvalue weighted by Gasteiger charge is 2.22. The van der Waals surface area contributed by atoms with Crippen LogP contribution in [-0.4, -0.2) is 36.1 Å². The number of nitrogens with two attached hydrogens (primary N) is 1. The molecule has 0 aromatic heterocycles. The molecule has 1 aromatic rings. The molecule has 0 bridgehead atoms. The standard InChI is InChI=1S/C14H18N2O5/c1-8-3-4-10(15)9(7-8)13(18)16-11(14(19)20)5-6-12(17)21-2/h3-4,7,11H,5-6,15H2,1-2H3,(H,16,18)(H,19,20). The molecule has 7 heteroatoms. The molecule has 0 spiro atoms. The first-order chi connectivity index (χ1) is 9.85. The summed E-state index contributed by atoms with van der Waals surface area (Å²) >= 11 is 0. The zero-order valence-electron chi connectivity index (χ0n) is 11.9. The predicted molar refractivity (Wildman–Crippen MR) is 75.7 cm³/mol. The van der Waals surface area contributed by atoms with Crippen LogP contribution in [0.15, 0.2) is 18.2 Å². The Kier molecular flexibility index (Phi) is 5.71. The van der Waals surface area contributed by atoms with Gasteiger partial charge in [0.05, 0.1) is 12.7 Å². The molecule has 0 aliphatic heterocycles. The van der Waals surface area contributed by atoms with E-state index in [9.17, 15) is 14.4 Å². The Bertz CT molecular complexity index is 556. The summed E-state index contributed by atoms with van der Waals surface area (Å²) in [5, 5.41) is 11.4. The monoisotopic (exact) mass is 294 g/mol. The van der Waals surface area contributed by atoms with Gasteiger partial charge in [0.1, 0.15) is 6.04 Å². The topological polar surface area (TPSA) is 119 Å². The van der Waals surface area contributed by atoms with E-state index < -0.39 is 23.9 Å². The van der Waals surface area contributed by atoms with Crippen LogP contribution in [0.5, 0.6) is 0 Å². The second-order valence-corrected chi connectivity index (χ2v) is 4.57. The van der Waals surface area contributed by atoms with Crippen molar-refractivity contribution in [2.75, 3.05) is 12.8 Å². The van der Waals surface area contributed by atoms with E-state index in [2.05, 4.69) is 10.1 Å². The molecule has 0 aliphatic rings. The van der Waals surface area contributed by atoms with Crippen LogP contribution in [0.25, 0.3) is 0 Å². The zero-order valence-corrected chi connectivity index (χ0v) is 11.9. The first-order valence-electron chi connectivity index (χ1n) is 6.31. The van der Waals surface area contributed by atoms with Gasteiger partial charge in [-0.05, 0) is 25.5 Å². The zero-order chi connectivity index (χ0) is 16.0. The van der Waals surface area contributed by atoms with Gasteiger partial charge in [0.2, 0.25) is 0 Å². The third kappa shape index (κ3) is 4.79. The molecule has 1 aromatic carbocycles. The van der Waals surface area contributed by atoms with Gasteiger partial charge in [-0.15, -0.1) is 0 Å². The largest absolute Gasteiger partial charge is 0.480 e. The number of rotatable bonds is 6. The van der Waals surface area contributed by atoms with Crippen LogP contribution >= 0.6 is 0 Å². The Morgan fingerprint density at radius 3 is 2.62 bits per heavy atom. The predicted octanol–water partition coefficient (Wildman–Crippen LogP) is 0.713. The lowest BCUT2D eigenvalue weighted by atomic mass is 10.1. The van der Waals surface area contributed by atoms with Crippen molar-refractivity contribution in [3.63, 3.8) is 0 Å². The summed E-state index contributed by atoms with van der Waals surface area (Å²) in [6.07, 6.45) is -0.156.